The summed E-state index contributed by atoms with van der Waals surface area (Å²) in [4.78, 5) is 1.58. The van der Waals surface area contributed by atoms with Crippen LogP contribution in [0.25, 0.3) is 0 Å². The summed E-state index contributed by atoms with van der Waals surface area (Å²) in [7, 11) is -3.82. The molecule has 0 heterocycles. The summed E-state index contributed by atoms with van der Waals surface area (Å²) >= 11 is 7.06. The molecule has 2 N–H and O–H groups in total. The number of rotatable bonds is 5. The summed E-state index contributed by atoms with van der Waals surface area (Å²) in [5, 5.41) is 9.72. The van der Waals surface area contributed by atoms with Gasteiger partial charge in [0.15, 0.2) is 0 Å². The Balaban J connectivity index is 1.78. The Morgan fingerprint density at radius 1 is 1.00 bits per heavy atom. The Labute approximate surface area is 166 Å². The van der Waals surface area contributed by atoms with Gasteiger partial charge in [0.2, 0.25) is 0 Å². The maximum atomic E-state index is 13.5. The zero-order valence-corrected chi connectivity index (χ0v) is 16.5. The number of hydrogen-bond acceptors (Lipinski definition) is 4. The Kier molecular flexibility index (Phi) is 5.64. The summed E-state index contributed by atoms with van der Waals surface area (Å²) in [5.41, 5.74) is 1.01. The molecule has 0 atom stereocenters. The topological polar surface area (TPSA) is 66.4 Å². The first-order chi connectivity index (χ1) is 12.7. The van der Waals surface area contributed by atoms with E-state index in [2.05, 4.69) is 4.72 Å². The van der Waals surface area contributed by atoms with Crippen molar-refractivity contribution in [1.29, 1.82) is 0 Å². The number of nitrogens with one attached hydrogen (secondary N) is 1. The fourth-order valence-electron chi connectivity index (χ4n) is 2.37. The van der Waals surface area contributed by atoms with Crippen LogP contribution in [0.2, 0.25) is 5.02 Å². The van der Waals surface area contributed by atoms with E-state index < -0.39 is 10.0 Å². The Bertz CT molecular complexity index is 1070. The summed E-state index contributed by atoms with van der Waals surface area (Å²) in [6, 6.07) is 15.0. The van der Waals surface area contributed by atoms with E-state index in [1.165, 1.54) is 54.2 Å². The second-order valence-electron chi connectivity index (χ2n) is 5.81. The smallest absolute Gasteiger partial charge is 0.261 e. The van der Waals surface area contributed by atoms with Crippen molar-refractivity contribution in [2.24, 2.45) is 0 Å². The van der Waals surface area contributed by atoms with Gasteiger partial charge in [-0.1, -0.05) is 23.4 Å². The molecule has 0 aliphatic heterocycles. The summed E-state index contributed by atoms with van der Waals surface area (Å²) in [5.74, 6) is -0.527. The lowest BCUT2D eigenvalue weighted by Crippen LogP contribution is -2.12. The number of hydrogen-bond donors (Lipinski definition) is 2. The number of anilines is 1. The summed E-state index contributed by atoms with van der Waals surface area (Å²) in [6.07, 6.45) is 0. The van der Waals surface area contributed by atoms with Gasteiger partial charge in [-0.2, -0.15) is 0 Å². The van der Waals surface area contributed by atoms with E-state index in [4.69, 9.17) is 11.6 Å². The zero-order chi connectivity index (χ0) is 19.6. The molecule has 0 aliphatic rings. The summed E-state index contributed by atoms with van der Waals surface area (Å²) < 4.78 is 40.8. The molecular weight excluding hydrogens is 409 g/mol. The van der Waals surface area contributed by atoms with Crippen molar-refractivity contribution in [1.82, 2.24) is 0 Å². The van der Waals surface area contributed by atoms with Crippen LogP contribution < -0.4 is 4.72 Å². The molecule has 0 spiro atoms. The number of benzene rings is 3. The van der Waals surface area contributed by atoms with Gasteiger partial charge in [0.25, 0.3) is 10.0 Å². The molecule has 3 rings (SSSR count). The first-order valence-corrected chi connectivity index (χ1v) is 10.5. The predicted molar refractivity (Wildman–Crippen MR) is 106 cm³/mol. The minimum atomic E-state index is -3.82. The number of halogens is 2. The van der Waals surface area contributed by atoms with Gasteiger partial charge >= 0.3 is 0 Å². The van der Waals surface area contributed by atoms with E-state index >= 15 is 0 Å². The van der Waals surface area contributed by atoms with Crippen molar-refractivity contribution in [3.63, 3.8) is 0 Å². The molecule has 0 unspecified atom stereocenters. The molecule has 0 saturated carbocycles. The van der Waals surface area contributed by atoms with Crippen molar-refractivity contribution in [2.45, 2.75) is 21.6 Å². The lowest BCUT2D eigenvalue weighted by molar-refractivity contribution is 0.476. The van der Waals surface area contributed by atoms with Gasteiger partial charge in [0, 0.05) is 15.9 Å². The van der Waals surface area contributed by atoms with E-state index in [1.54, 1.807) is 12.1 Å². The Morgan fingerprint density at radius 2 is 1.70 bits per heavy atom. The molecule has 0 amide bonds. The number of phenols is 1. The molecule has 0 aliphatic carbocycles. The zero-order valence-electron chi connectivity index (χ0n) is 14.1. The van der Waals surface area contributed by atoms with Crippen molar-refractivity contribution in [3.05, 3.63) is 77.1 Å². The van der Waals surface area contributed by atoms with E-state index in [9.17, 15) is 17.9 Å². The van der Waals surface area contributed by atoms with Crippen LogP contribution in [0, 0.1) is 12.7 Å². The van der Waals surface area contributed by atoms with Crippen LogP contribution in [-0.2, 0) is 10.0 Å². The standard InChI is InChI=1S/C19H15ClFNO3S2/c1-12-8-13(21)10-16(9-12)26-15-3-5-17(6-4-15)27(24,25)22-14-2-7-18(20)19(23)11-14/h2-11,22-23H,1H3. The van der Waals surface area contributed by atoms with Gasteiger partial charge in [-0.05, 0) is 67.1 Å². The van der Waals surface area contributed by atoms with E-state index in [1.807, 2.05) is 13.0 Å². The number of sulfonamides is 1. The van der Waals surface area contributed by atoms with Gasteiger partial charge in [0.1, 0.15) is 11.6 Å². The molecule has 4 nitrogen and oxygen atoms in total. The highest BCUT2D eigenvalue weighted by Gasteiger charge is 2.15. The third kappa shape index (κ3) is 4.94. The normalized spacial score (nSPS) is 11.4. The first kappa shape index (κ1) is 19.5. The highest BCUT2D eigenvalue weighted by molar-refractivity contribution is 7.99. The minimum Gasteiger partial charge on any atom is -0.506 e. The first-order valence-electron chi connectivity index (χ1n) is 7.79. The number of aromatic hydroxyl groups is 1. The second-order valence-corrected chi connectivity index (χ2v) is 9.05. The summed E-state index contributed by atoms with van der Waals surface area (Å²) in [6.45, 7) is 1.81. The highest BCUT2D eigenvalue weighted by atomic mass is 35.5. The number of phenolic OH excluding ortho intramolecular Hbond substituents is 1. The molecule has 8 heteroatoms. The third-order valence-corrected chi connectivity index (χ3v) is 6.28. The van der Waals surface area contributed by atoms with E-state index in [0.29, 0.717) is 0 Å². The van der Waals surface area contributed by atoms with Crippen LogP contribution in [0.4, 0.5) is 10.1 Å². The molecule has 0 fully saturated rings. The Morgan fingerprint density at radius 3 is 2.33 bits per heavy atom. The average Bonchev–Trinajstić information content (AvgIpc) is 2.57. The molecule has 0 bridgehead atoms. The SMILES string of the molecule is Cc1cc(F)cc(Sc2ccc(S(=O)(=O)Nc3ccc(Cl)c(O)c3)cc2)c1. The molecule has 27 heavy (non-hydrogen) atoms. The van der Waals surface area contributed by atoms with Gasteiger partial charge in [-0.25, -0.2) is 12.8 Å². The largest absolute Gasteiger partial charge is 0.506 e. The molecule has 140 valence electrons. The predicted octanol–water partition coefficient (Wildman–Crippen LogP) is 5.45. The van der Waals surface area contributed by atoms with Crippen LogP contribution in [0.15, 0.2) is 75.4 Å². The molecule has 3 aromatic rings. The maximum absolute atomic E-state index is 13.5. The van der Waals surface area contributed by atoms with Gasteiger partial charge in [-0.15, -0.1) is 0 Å². The lowest BCUT2D eigenvalue weighted by atomic mass is 10.2. The highest BCUT2D eigenvalue weighted by Crippen LogP contribution is 2.31. The lowest BCUT2D eigenvalue weighted by Gasteiger charge is -2.10. The van der Waals surface area contributed by atoms with Crippen LogP contribution >= 0.6 is 23.4 Å². The van der Waals surface area contributed by atoms with Crippen molar-refractivity contribution in [2.75, 3.05) is 4.72 Å². The Hall–Kier alpha value is -2.22. The monoisotopic (exact) mass is 423 g/mol. The second kappa shape index (κ2) is 7.80. The van der Waals surface area contributed by atoms with Gasteiger partial charge < -0.3 is 5.11 Å². The molecule has 0 aromatic heterocycles. The van der Waals surface area contributed by atoms with Crippen molar-refractivity contribution >= 4 is 39.1 Å². The fourth-order valence-corrected chi connectivity index (χ4v) is 4.50. The molecular formula is C19H15ClFNO3S2. The van der Waals surface area contributed by atoms with Gasteiger partial charge in [0.05, 0.1) is 15.6 Å². The van der Waals surface area contributed by atoms with E-state index in [-0.39, 0.29) is 27.2 Å². The third-order valence-electron chi connectivity index (χ3n) is 3.58. The van der Waals surface area contributed by atoms with Crippen LogP contribution in [0.1, 0.15) is 5.56 Å². The minimum absolute atomic E-state index is 0.0664. The van der Waals surface area contributed by atoms with Crippen LogP contribution in [-0.4, -0.2) is 13.5 Å². The maximum Gasteiger partial charge on any atom is 0.261 e. The fraction of sp³-hybridized carbons (Fsp3) is 0.0526. The van der Waals surface area contributed by atoms with E-state index in [0.717, 1.165) is 15.4 Å². The van der Waals surface area contributed by atoms with Crippen LogP contribution in [0.5, 0.6) is 5.75 Å². The number of aryl methyl sites for hydroxylation is 1. The quantitative estimate of drug-likeness (QED) is 0.573. The average molecular weight is 424 g/mol. The van der Waals surface area contributed by atoms with Crippen LogP contribution in [0.3, 0.4) is 0 Å². The molecule has 0 saturated heterocycles. The molecule has 3 aromatic carbocycles. The molecule has 0 radical (unpaired) electrons. The van der Waals surface area contributed by atoms with Crippen molar-refractivity contribution < 1.29 is 17.9 Å². The van der Waals surface area contributed by atoms with Gasteiger partial charge in [-0.3, -0.25) is 4.72 Å². The van der Waals surface area contributed by atoms with Crippen molar-refractivity contribution in [3.8, 4) is 5.75 Å².